The van der Waals surface area contributed by atoms with E-state index < -0.39 is 0 Å². The van der Waals surface area contributed by atoms with Crippen LogP contribution in [0.4, 0.5) is 0 Å². The van der Waals surface area contributed by atoms with Crippen molar-refractivity contribution in [3.8, 4) is 11.4 Å². The van der Waals surface area contributed by atoms with E-state index in [9.17, 15) is 9.59 Å². The van der Waals surface area contributed by atoms with Crippen LogP contribution in [0.3, 0.4) is 0 Å². The van der Waals surface area contributed by atoms with Gasteiger partial charge in [-0.2, -0.15) is 4.98 Å². The van der Waals surface area contributed by atoms with Crippen molar-refractivity contribution in [3.63, 3.8) is 0 Å². The van der Waals surface area contributed by atoms with Gasteiger partial charge in [0.1, 0.15) is 0 Å². The average molecular weight is 479 g/mol. The molecule has 0 unspecified atom stereocenters. The fourth-order valence-corrected chi connectivity index (χ4v) is 5.26. The Kier molecular flexibility index (Phi) is 6.63. The number of rotatable bonds is 6. The van der Waals surface area contributed by atoms with Gasteiger partial charge in [0, 0.05) is 35.6 Å². The first-order chi connectivity index (χ1) is 16.6. The second-order valence-corrected chi connectivity index (χ2v) is 9.55. The molecular weight excluding hydrogens is 452 g/mol. The van der Waals surface area contributed by atoms with E-state index in [1.54, 1.807) is 12.1 Å². The second kappa shape index (κ2) is 9.97. The molecule has 8 heteroatoms. The Labute approximate surface area is 203 Å². The van der Waals surface area contributed by atoms with E-state index in [4.69, 9.17) is 16.1 Å². The maximum Gasteiger partial charge on any atom is 0.232 e. The number of nitrogens with one attached hydrogen (secondary N) is 1. The first kappa shape index (κ1) is 22.6. The van der Waals surface area contributed by atoms with E-state index in [0.29, 0.717) is 29.6 Å². The van der Waals surface area contributed by atoms with Crippen LogP contribution in [0.2, 0.25) is 5.02 Å². The molecule has 7 nitrogen and oxygen atoms in total. The Bertz CT molecular complexity index is 1160. The highest BCUT2D eigenvalue weighted by atomic mass is 35.5. The first-order valence-corrected chi connectivity index (χ1v) is 12.2. The largest absolute Gasteiger partial charge is 0.352 e. The lowest BCUT2D eigenvalue weighted by atomic mass is 10.0. The molecule has 2 heterocycles. The topological polar surface area (TPSA) is 88.3 Å². The maximum atomic E-state index is 13.1. The van der Waals surface area contributed by atoms with Gasteiger partial charge < -0.3 is 14.7 Å². The molecule has 2 aliphatic rings. The molecule has 3 atom stereocenters. The molecule has 1 aliphatic carbocycles. The van der Waals surface area contributed by atoms with Crippen molar-refractivity contribution in [2.75, 3.05) is 13.1 Å². The van der Waals surface area contributed by atoms with Gasteiger partial charge in [0.25, 0.3) is 0 Å². The van der Waals surface area contributed by atoms with Crippen LogP contribution < -0.4 is 5.32 Å². The van der Waals surface area contributed by atoms with Gasteiger partial charge in [0.05, 0.1) is 12.3 Å². The van der Waals surface area contributed by atoms with Crippen LogP contribution in [0.5, 0.6) is 0 Å². The molecular formula is C26H27ClN4O3. The minimum absolute atomic E-state index is 0.116. The number of amides is 2. The summed E-state index contributed by atoms with van der Waals surface area (Å²) < 4.78 is 5.65. The number of carbonyl (C=O) groups excluding carboxylic acids is 2. The third-order valence-electron chi connectivity index (χ3n) is 6.72. The Morgan fingerprint density at radius 1 is 1.06 bits per heavy atom. The summed E-state index contributed by atoms with van der Waals surface area (Å²) in [5.41, 5.74) is 1.70. The lowest BCUT2D eigenvalue weighted by molar-refractivity contribution is -0.134. The number of hydrogen-bond acceptors (Lipinski definition) is 5. The number of hydrogen-bond donors (Lipinski definition) is 1. The zero-order chi connectivity index (χ0) is 23.5. The van der Waals surface area contributed by atoms with Crippen molar-refractivity contribution >= 4 is 23.4 Å². The molecule has 3 aromatic rings. The summed E-state index contributed by atoms with van der Waals surface area (Å²) in [5.74, 6) is 0.625. The third-order valence-corrected chi connectivity index (χ3v) is 6.96. The molecule has 1 saturated carbocycles. The van der Waals surface area contributed by atoms with E-state index >= 15 is 0 Å². The summed E-state index contributed by atoms with van der Waals surface area (Å²) in [6.45, 7) is 1.62. The Morgan fingerprint density at radius 3 is 2.62 bits per heavy atom. The summed E-state index contributed by atoms with van der Waals surface area (Å²) in [6, 6.07) is 16.6. The van der Waals surface area contributed by atoms with Crippen LogP contribution in [-0.4, -0.2) is 46.0 Å². The molecule has 1 aliphatic heterocycles. The molecule has 1 saturated heterocycles. The smallest absolute Gasteiger partial charge is 0.232 e. The van der Waals surface area contributed by atoms with Gasteiger partial charge in [-0.15, -0.1) is 0 Å². The van der Waals surface area contributed by atoms with Gasteiger partial charge in [-0.3, -0.25) is 9.59 Å². The number of likely N-dealkylation sites (tertiary alicyclic amines) is 1. The Morgan fingerprint density at radius 2 is 1.85 bits per heavy atom. The minimum atomic E-state index is -0.257. The van der Waals surface area contributed by atoms with Crippen molar-refractivity contribution in [2.24, 2.45) is 5.92 Å². The summed E-state index contributed by atoms with van der Waals surface area (Å²) >= 11 is 6.07. The molecule has 34 heavy (non-hydrogen) atoms. The lowest BCUT2D eigenvalue weighted by Gasteiger charge is -2.20. The van der Waals surface area contributed by atoms with Crippen molar-refractivity contribution < 1.29 is 14.1 Å². The molecule has 1 aromatic heterocycles. The van der Waals surface area contributed by atoms with Crippen LogP contribution in [0.15, 0.2) is 59.1 Å². The lowest BCUT2D eigenvalue weighted by Crippen LogP contribution is -2.38. The van der Waals surface area contributed by atoms with Crippen LogP contribution in [0.25, 0.3) is 11.4 Å². The summed E-state index contributed by atoms with van der Waals surface area (Å²) in [4.78, 5) is 32.6. The van der Waals surface area contributed by atoms with E-state index in [1.165, 1.54) is 0 Å². The van der Waals surface area contributed by atoms with E-state index in [0.717, 1.165) is 37.1 Å². The average Bonchev–Trinajstić information content (AvgIpc) is 3.60. The maximum absolute atomic E-state index is 13.1. The molecule has 5 rings (SSSR count). The van der Waals surface area contributed by atoms with Gasteiger partial charge >= 0.3 is 0 Å². The third kappa shape index (κ3) is 4.99. The van der Waals surface area contributed by atoms with Crippen molar-refractivity contribution in [3.05, 3.63) is 71.1 Å². The summed E-state index contributed by atoms with van der Waals surface area (Å²) in [5, 5.41) is 7.90. The zero-order valence-electron chi connectivity index (χ0n) is 18.8. The zero-order valence-corrected chi connectivity index (χ0v) is 19.6. The molecule has 0 bridgehead atoms. The minimum Gasteiger partial charge on any atom is -0.352 e. The van der Waals surface area contributed by atoms with Crippen LogP contribution in [0, 0.1) is 5.92 Å². The van der Waals surface area contributed by atoms with E-state index in [2.05, 4.69) is 15.5 Å². The SMILES string of the molecule is O=C(Cc1cccc(Cl)c1)N[C@H]1C[C@H](C(=O)N2CCCC2)C[C@H]1c1nc(-c2ccccc2)no1. The number of nitrogens with zero attached hydrogens (tertiary/aromatic N) is 3. The van der Waals surface area contributed by atoms with Gasteiger partial charge in [0.2, 0.25) is 23.5 Å². The van der Waals surface area contributed by atoms with Gasteiger partial charge in [-0.25, -0.2) is 0 Å². The van der Waals surface area contributed by atoms with Crippen molar-refractivity contribution in [2.45, 2.75) is 44.1 Å². The molecule has 0 radical (unpaired) electrons. The van der Waals surface area contributed by atoms with Crippen LogP contribution in [0.1, 0.15) is 43.1 Å². The standard InChI is InChI=1S/C26H27ClN4O3/c27-20-10-6-7-17(13-20)14-23(32)28-22-16-19(26(33)31-11-4-5-12-31)15-21(22)25-29-24(30-34-25)18-8-2-1-3-9-18/h1-3,6-10,13,19,21-22H,4-5,11-12,14-16H2,(H,28,32)/t19-,21-,22+/m1/s1. The normalized spacial score (nSPS) is 22.1. The van der Waals surface area contributed by atoms with Crippen molar-refractivity contribution in [1.29, 1.82) is 0 Å². The van der Waals surface area contributed by atoms with Crippen LogP contribution >= 0.6 is 11.6 Å². The van der Waals surface area contributed by atoms with Gasteiger partial charge in [0.15, 0.2) is 0 Å². The molecule has 0 spiro atoms. The predicted molar refractivity (Wildman–Crippen MR) is 128 cm³/mol. The highest BCUT2D eigenvalue weighted by molar-refractivity contribution is 6.30. The number of carbonyl (C=O) groups is 2. The molecule has 1 N–H and O–H groups in total. The molecule has 2 fully saturated rings. The Balaban J connectivity index is 1.35. The molecule has 176 valence electrons. The summed E-state index contributed by atoms with van der Waals surface area (Å²) in [6.07, 6.45) is 3.45. The number of aromatic nitrogens is 2. The second-order valence-electron chi connectivity index (χ2n) is 9.11. The fourth-order valence-electron chi connectivity index (χ4n) is 5.05. The number of benzene rings is 2. The number of halogens is 1. The van der Waals surface area contributed by atoms with Crippen molar-refractivity contribution in [1.82, 2.24) is 20.4 Å². The summed E-state index contributed by atoms with van der Waals surface area (Å²) in [7, 11) is 0. The first-order valence-electron chi connectivity index (χ1n) is 11.8. The van der Waals surface area contributed by atoms with E-state index in [-0.39, 0.29) is 36.1 Å². The highest BCUT2D eigenvalue weighted by Crippen LogP contribution is 2.40. The fraction of sp³-hybridized carbons (Fsp3) is 0.385. The monoisotopic (exact) mass is 478 g/mol. The van der Waals surface area contributed by atoms with E-state index in [1.807, 2.05) is 47.4 Å². The molecule has 2 amide bonds. The van der Waals surface area contributed by atoms with Crippen LogP contribution in [-0.2, 0) is 16.0 Å². The van der Waals surface area contributed by atoms with Gasteiger partial charge in [-0.1, -0.05) is 59.2 Å². The van der Waals surface area contributed by atoms with Gasteiger partial charge in [-0.05, 0) is 43.4 Å². The predicted octanol–water partition coefficient (Wildman–Crippen LogP) is 4.23. The Hall–Kier alpha value is -3.19. The quantitative estimate of drug-likeness (QED) is 0.572. The molecule has 2 aromatic carbocycles. The highest BCUT2D eigenvalue weighted by Gasteiger charge is 2.43.